The third-order valence-corrected chi connectivity index (χ3v) is 3.83. The van der Waals surface area contributed by atoms with Gasteiger partial charge in [0.1, 0.15) is 0 Å². The number of aromatic nitrogens is 2. The number of hydrogen-bond donors (Lipinski definition) is 1. The Bertz CT molecular complexity index is 531. The summed E-state index contributed by atoms with van der Waals surface area (Å²) in [4.78, 5) is 0. The molecule has 1 atom stereocenters. The van der Waals surface area contributed by atoms with Gasteiger partial charge in [-0.2, -0.15) is 5.10 Å². The molecule has 3 nitrogen and oxygen atoms in total. The second-order valence-corrected chi connectivity index (χ2v) is 5.60. The molecule has 0 aliphatic heterocycles. The SMILES string of the molecule is CNCC(CCc1ccnn1C)Cc1cccc(C)c1. The minimum atomic E-state index is 0.664. The van der Waals surface area contributed by atoms with Gasteiger partial charge in [-0.1, -0.05) is 29.8 Å². The average Bonchev–Trinajstić information content (AvgIpc) is 2.82. The predicted molar refractivity (Wildman–Crippen MR) is 83.8 cm³/mol. The fourth-order valence-corrected chi connectivity index (χ4v) is 2.74. The molecule has 2 rings (SSSR count). The molecular formula is C17H25N3. The van der Waals surface area contributed by atoms with Gasteiger partial charge in [-0.05, 0) is 57.3 Å². The molecule has 1 aromatic carbocycles. The fourth-order valence-electron chi connectivity index (χ4n) is 2.74. The van der Waals surface area contributed by atoms with E-state index in [1.807, 2.05) is 25.0 Å². The van der Waals surface area contributed by atoms with Crippen molar-refractivity contribution in [1.82, 2.24) is 15.1 Å². The first-order chi connectivity index (χ1) is 9.69. The maximum Gasteiger partial charge on any atom is 0.0492 e. The lowest BCUT2D eigenvalue weighted by Crippen LogP contribution is -2.21. The largest absolute Gasteiger partial charge is 0.319 e. The summed E-state index contributed by atoms with van der Waals surface area (Å²) in [6.45, 7) is 3.22. The van der Waals surface area contributed by atoms with Crippen molar-refractivity contribution >= 4 is 0 Å². The van der Waals surface area contributed by atoms with Crippen LogP contribution in [0.1, 0.15) is 23.2 Å². The molecule has 3 heteroatoms. The summed E-state index contributed by atoms with van der Waals surface area (Å²) in [5, 5.41) is 7.56. The van der Waals surface area contributed by atoms with Crippen molar-refractivity contribution in [2.24, 2.45) is 13.0 Å². The Hall–Kier alpha value is -1.61. The van der Waals surface area contributed by atoms with Crippen molar-refractivity contribution in [3.63, 3.8) is 0 Å². The van der Waals surface area contributed by atoms with Crippen molar-refractivity contribution in [2.75, 3.05) is 13.6 Å². The minimum Gasteiger partial charge on any atom is -0.319 e. The summed E-state index contributed by atoms with van der Waals surface area (Å²) >= 11 is 0. The molecule has 0 bridgehead atoms. The molecule has 0 radical (unpaired) electrons. The zero-order valence-corrected chi connectivity index (χ0v) is 12.8. The molecule has 1 N–H and O–H groups in total. The normalized spacial score (nSPS) is 12.6. The van der Waals surface area contributed by atoms with Crippen LogP contribution in [0.25, 0.3) is 0 Å². The minimum absolute atomic E-state index is 0.664. The maximum atomic E-state index is 4.24. The number of hydrogen-bond acceptors (Lipinski definition) is 2. The van der Waals surface area contributed by atoms with Crippen LogP contribution in [0.2, 0.25) is 0 Å². The van der Waals surface area contributed by atoms with Gasteiger partial charge in [-0.25, -0.2) is 0 Å². The van der Waals surface area contributed by atoms with Crippen molar-refractivity contribution in [3.05, 3.63) is 53.3 Å². The van der Waals surface area contributed by atoms with Crippen molar-refractivity contribution < 1.29 is 0 Å². The van der Waals surface area contributed by atoms with E-state index in [-0.39, 0.29) is 0 Å². The second-order valence-electron chi connectivity index (χ2n) is 5.60. The summed E-state index contributed by atoms with van der Waals surface area (Å²) in [5.74, 6) is 0.664. The summed E-state index contributed by atoms with van der Waals surface area (Å²) in [6, 6.07) is 11.0. The Morgan fingerprint density at radius 1 is 1.30 bits per heavy atom. The Morgan fingerprint density at radius 3 is 2.80 bits per heavy atom. The van der Waals surface area contributed by atoms with Crippen LogP contribution in [-0.4, -0.2) is 23.4 Å². The first kappa shape index (κ1) is 14.8. The highest BCUT2D eigenvalue weighted by Gasteiger charge is 2.10. The first-order valence-corrected chi connectivity index (χ1v) is 7.36. The van der Waals surface area contributed by atoms with Crippen LogP contribution in [0.15, 0.2) is 36.5 Å². The van der Waals surface area contributed by atoms with Crippen molar-refractivity contribution in [3.8, 4) is 0 Å². The van der Waals surface area contributed by atoms with Crippen LogP contribution in [0.5, 0.6) is 0 Å². The zero-order chi connectivity index (χ0) is 14.4. The van der Waals surface area contributed by atoms with Gasteiger partial charge in [0.2, 0.25) is 0 Å². The van der Waals surface area contributed by atoms with E-state index < -0.39 is 0 Å². The molecule has 0 amide bonds. The van der Waals surface area contributed by atoms with Crippen LogP contribution in [0.3, 0.4) is 0 Å². The quantitative estimate of drug-likeness (QED) is 0.839. The molecule has 0 saturated carbocycles. The van der Waals surface area contributed by atoms with Gasteiger partial charge >= 0.3 is 0 Å². The van der Waals surface area contributed by atoms with Crippen molar-refractivity contribution in [2.45, 2.75) is 26.2 Å². The number of aryl methyl sites for hydroxylation is 3. The van der Waals surface area contributed by atoms with Gasteiger partial charge in [0.25, 0.3) is 0 Å². The predicted octanol–water partition coefficient (Wildman–Crippen LogP) is 2.74. The van der Waals surface area contributed by atoms with E-state index in [9.17, 15) is 0 Å². The zero-order valence-electron chi connectivity index (χ0n) is 12.8. The van der Waals surface area contributed by atoms with E-state index in [0.717, 1.165) is 19.4 Å². The van der Waals surface area contributed by atoms with Gasteiger partial charge in [0.05, 0.1) is 0 Å². The second kappa shape index (κ2) is 7.25. The molecule has 1 heterocycles. The molecule has 0 spiro atoms. The topological polar surface area (TPSA) is 29.9 Å². The summed E-state index contributed by atoms with van der Waals surface area (Å²) in [7, 11) is 4.05. The smallest absolute Gasteiger partial charge is 0.0492 e. The van der Waals surface area contributed by atoms with E-state index in [4.69, 9.17) is 0 Å². The first-order valence-electron chi connectivity index (χ1n) is 7.36. The lowest BCUT2D eigenvalue weighted by atomic mass is 9.93. The average molecular weight is 271 g/mol. The molecule has 0 aliphatic carbocycles. The van der Waals surface area contributed by atoms with Crippen LogP contribution in [0, 0.1) is 12.8 Å². The Morgan fingerprint density at radius 2 is 2.15 bits per heavy atom. The fraction of sp³-hybridized carbons (Fsp3) is 0.471. The number of nitrogens with one attached hydrogen (secondary N) is 1. The molecular weight excluding hydrogens is 246 g/mol. The lowest BCUT2D eigenvalue weighted by Gasteiger charge is -2.17. The Kier molecular flexibility index (Phi) is 5.36. The van der Waals surface area contributed by atoms with Gasteiger partial charge < -0.3 is 5.32 Å². The maximum absolute atomic E-state index is 4.24. The highest BCUT2D eigenvalue weighted by molar-refractivity contribution is 5.22. The van der Waals surface area contributed by atoms with Crippen LogP contribution < -0.4 is 5.32 Å². The molecule has 0 aliphatic rings. The third kappa shape index (κ3) is 4.20. The van der Waals surface area contributed by atoms with Gasteiger partial charge in [0.15, 0.2) is 0 Å². The van der Waals surface area contributed by atoms with E-state index in [1.165, 1.54) is 23.2 Å². The summed E-state index contributed by atoms with van der Waals surface area (Å²) in [5.41, 5.74) is 4.10. The molecule has 0 saturated heterocycles. The molecule has 20 heavy (non-hydrogen) atoms. The third-order valence-electron chi connectivity index (χ3n) is 3.83. The number of benzene rings is 1. The standard InChI is InChI=1S/C17H25N3/c1-14-5-4-6-15(11-14)12-16(13-18-2)7-8-17-9-10-19-20(17)3/h4-6,9-11,16,18H,7-8,12-13H2,1-3H3. The highest BCUT2D eigenvalue weighted by Crippen LogP contribution is 2.16. The van der Waals surface area contributed by atoms with Crippen LogP contribution >= 0.6 is 0 Å². The monoisotopic (exact) mass is 271 g/mol. The molecule has 108 valence electrons. The van der Waals surface area contributed by atoms with Crippen molar-refractivity contribution in [1.29, 1.82) is 0 Å². The summed E-state index contributed by atoms with van der Waals surface area (Å²) < 4.78 is 1.98. The highest BCUT2D eigenvalue weighted by atomic mass is 15.2. The molecule has 0 fully saturated rings. The number of nitrogens with zero attached hydrogens (tertiary/aromatic N) is 2. The van der Waals surface area contributed by atoms with Gasteiger partial charge in [-0.15, -0.1) is 0 Å². The summed E-state index contributed by atoms with van der Waals surface area (Å²) in [6.07, 6.45) is 5.30. The van der Waals surface area contributed by atoms with E-state index >= 15 is 0 Å². The number of rotatable bonds is 7. The molecule has 1 unspecified atom stereocenters. The van der Waals surface area contributed by atoms with E-state index in [0.29, 0.717) is 5.92 Å². The Labute approximate surface area is 122 Å². The van der Waals surface area contributed by atoms with Gasteiger partial charge in [-0.3, -0.25) is 4.68 Å². The lowest BCUT2D eigenvalue weighted by molar-refractivity contribution is 0.454. The van der Waals surface area contributed by atoms with Crippen LogP contribution in [-0.2, 0) is 19.9 Å². The Balaban J connectivity index is 1.95. The molecule has 1 aromatic heterocycles. The molecule has 2 aromatic rings. The van der Waals surface area contributed by atoms with E-state index in [2.05, 4.69) is 47.7 Å². The van der Waals surface area contributed by atoms with Crippen LogP contribution in [0.4, 0.5) is 0 Å². The van der Waals surface area contributed by atoms with Gasteiger partial charge in [0, 0.05) is 18.9 Å². The van der Waals surface area contributed by atoms with E-state index in [1.54, 1.807) is 0 Å².